The third-order valence-electron chi connectivity index (χ3n) is 2.81. The molecule has 1 atom stereocenters. The van der Waals surface area contributed by atoms with E-state index in [-0.39, 0.29) is 29.6 Å². The van der Waals surface area contributed by atoms with Gasteiger partial charge in [0.25, 0.3) is 0 Å². The van der Waals surface area contributed by atoms with Gasteiger partial charge >= 0.3 is 29.6 Å². The number of carbonyl (C=O) groups is 1. The zero-order valence-electron chi connectivity index (χ0n) is 10.1. The molecular formula is C14H13NaO2. The van der Waals surface area contributed by atoms with E-state index in [0.717, 1.165) is 16.3 Å². The second-order valence-corrected chi connectivity index (χ2v) is 4.06. The van der Waals surface area contributed by atoms with Gasteiger partial charge in [-0.25, -0.2) is 0 Å². The van der Waals surface area contributed by atoms with E-state index in [0.29, 0.717) is 6.42 Å². The first kappa shape index (κ1) is 14.2. The molecule has 0 aromatic heterocycles. The summed E-state index contributed by atoms with van der Waals surface area (Å²) in [6.45, 7) is 1.68. The van der Waals surface area contributed by atoms with Crippen molar-refractivity contribution in [1.82, 2.24) is 0 Å². The Morgan fingerprint density at radius 3 is 2.53 bits per heavy atom. The van der Waals surface area contributed by atoms with Gasteiger partial charge in [0.05, 0.1) is 0 Å². The maximum Gasteiger partial charge on any atom is 1.00 e. The number of carboxylic acids is 1. The summed E-state index contributed by atoms with van der Waals surface area (Å²) < 4.78 is 0. The zero-order chi connectivity index (χ0) is 11.5. The molecule has 0 aliphatic rings. The van der Waals surface area contributed by atoms with E-state index in [9.17, 15) is 9.90 Å². The quantitative estimate of drug-likeness (QED) is 0.626. The van der Waals surface area contributed by atoms with E-state index in [1.807, 2.05) is 42.5 Å². The Bertz CT molecular complexity index is 517. The van der Waals surface area contributed by atoms with Crippen LogP contribution >= 0.6 is 0 Å². The molecule has 0 aliphatic carbocycles. The van der Waals surface area contributed by atoms with Gasteiger partial charge in [-0.2, -0.15) is 0 Å². The second kappa shape index (κ2) is 6.20. The molecule has 0 radical (unpaired) electrons. The van der Waals surface area contributed by atoms with Gasteiger partial charge in [-0.15, -0.1) is 0 Å². The van der Waals surface area contributed by atoms with Gasteiger partial charge in [-0.1, -0.05) is 49.4 Å². The molecule has 0 spiro atoms. The first-order valence-electron chi connectivity index (χ1n) is 5.36. The summed E-state index contributed by atoms with van der Waals surface area (Å²) in [7, 11) is 0. The summed E-state index contributed by atoms with van der Waals surface area (Å²) in [4.78, 5) is 10.7. The molecule has 17 heavy (non-hydrogen) atoms. The smallest absolute Gasteiger partial charge is 0.550 e. The van der Waals surface area contributed by atoms with Crippen molar-refractivity contribution in [3.63, 3.8) is 0 Å². The van der Waals surface area contributed by atoms with Crippen LogP contribution in [0.4, 0.5) is 0 Å². The molecule has 0 saturated heterocycles. The number of hydrogen-bond acceptors (Lipinski definition) is 2. The average Bonchev–Trinajstić information content (AvgIpc) is 2.29. The minimum atomic E-state index is -0.993. The Morgan fingerprint density at radius 1 is 1.18 bits per heavy atom. The molecule has 0 heterocycles. The van der Waals surface area contributed by atoms with E-state index in [1.165, 1.54) is 0 Å². The van der Waals surface area contributed by atoms with Crippen LogP contribution in [-0.4, -0.2) is 5.97 Å². The van der Waals surface area contributed by atoms with Crippen molar-refractivity contribution in [2.75, 3.05) is 0 Å². The van der Waals surface area contributed by atoms with Crippen LogP contribution in [0.5, 0.6) is 0 Å². The standard InChI is InChI=1S/C14H14O2.Na/c1-10(14(15)16)9-12-7-4-6-11-5-2-3-8-13(11)12;/h2-8,10H,9H2,1H3,(H,15,16);/q;+1/p-1/t10-;/m0./s1. The molecule has 82 valence electrons. The summed E-state index contributed by atoms with van der Waals surface area (Å²) in [6, 6.07) is 14.0. The number of benzene rings is 2. The number of rotatable bonds is 3. The largest absolute Gasteiger partial charge is 1.00 e. The van der Waals surface area contributed by atoms with Crippen LogP contribution in [0.15, 0.2) is 42.5 Å². The van der Waals surface area contributed by atoms with E-state index in [4.69, 9.17) is 0 Å². The van der Waals surface area contributed by atoms with E-state index in [2.05, 4.69) is 0 Å². The van der Waals surface area contributed by atoms with Crippen LogP contribution in [0.3, 0.4) is 0 Å². The van der Waals surface area contributed by atoms with Gasteiger partial charge in [-0.3, -0.25) is 0 Å². The second-order valence-electron chi connectivity index (χ2n) is 4.06. The van der Waals surface area contributed by atoms with Crippen molar-refractivity contribution in [2.24, 2.45) is 5.92 Å². The van der Waals surface area contributed by atoms with Crippen LogP contribution < -0.4 is 34.7 Å². The number of carboxylic acid groups (broad SMARTS) is 1. The summed E-state index contributed by atoms with van der Waals surface area (Å²) >= 11 is 0. The monoisotopic (exact) mass is 236 g/mol. The Balaban J connectivity index is 0.00000144. The van der Waals surface area contributed by atoms with Crippen LogP contribution in [0.2, 0.25) is 0 Å². The molecule has 0 saturated carbocycles. The number of fused-ring (bicyclic) bond motifs is 1. The summed E-state index contributed by atoms with van der Waals surface area (Å²) in [5, 5.41) is 13.0. The van der Waals surface area contributed by atoms with Gasteiger partial charge < -0.3 is 9.90 Å². The molecular weight excluding hydrogens is 223 g/mol. The fourth-order valence-electron chi connectivity index (χ4n) is 1.88. The normalized spacial score (nSPS) is 11.8. The first-order chi connectivity index (χ1) is 7.68. The molecule has 2 nitrogen and oxygen atoms in total. The van der Waals surface area contributed by atoms with Crippen molar-refractivity contribution in [1.29, 1.82) is 0 Å². The molecule has 0 amide bonds. The molecule has 0 N–H and O–H groups in total. The fourth-order valence-corrected chi connectivity index (χ4v) is 1.88. The number of hydrogen-bond donors (Lipinski definition) is 0. The maximum absolute atomic E-state index is 10.7. The van der Waals surface area contributed by atoms with E-state index < -0.39 is 11.9 Å². The van der Waals surface area contributed by atoms with Crippen molar-refractivity contribution in [3.8, 4) is 0 Å². The third kappa shape index (κ3) is 3.32. The van der Waals surface area contributed by atoms with Gasteiger partial charge in [0.2, 0.25) is 0 Å². The fraction of sp³-hybridized carbons (Fsp3) is 0.214. The van der Waals surface area contributed by atoms with E-state index >= 15 is 0 Å². The predicted octanol–water partition coefficient (Wildman–Crippen LogP) is -1.23. The number of aliphatic carboxylic acids is 1. The van der Waals surface area contributed by atoms with Gasteiger partial charge in [0.15, 0.2) is 0 Å². The van der Waals surface area contributed by atoms with Crippen LogP contribution in [-0.2, 0) is 11.2 Å². The van der Waals surface area contributed by atoms with Crippen molar-refractivity contribution >= 4 is 16.7 Å². The predicted molar refractivity (Wildman–Crippen MR) is 61.8 cm³/mol. The first-order valence-corrected chi connectivity index (χ1v) is 5.36. The van der Waals surface area contributed by atoms with E-state index in [1.54, 1.807) is 6.92 Å². The summed E-state index contributed by atoms with van der Waals surface area (Å²) in [6.07, 6.45) is 0.518. The number of carbonyl (C=O) groups excluding carboxylic acids is 1. The average molecular weight is 236 g/mol. The van der Waals surface area contributed by atoms with Gasteiger partial charge in [0.1, 0.15) is 0 Å². The molecule has 0 unspecified atom stereocenters. The van der Waals surface area contributed by atoms with Crippen LogP contribution in [0, 0.1) is 5.92 Å². The molecule has 0 fully saturated rings. The Hall–Kier alpha value is -0.830. The van der Waals surface area contributed by atoms with Crippen LogP contribution in [0.1, 0.15) is 12.5 Å². The molecule has 2 rings (SSSR count). The zero-order valence-corrected chi connectivity index (χ0v) is 12.1. The Kier molecular flexibility index (Phi) is 5.19. The SMILES string of the molecule is C[C@@H](Cc1cccc2ccccc12)C(=O)[O-].[Na+]. The molecule has 3 heteroatoms. The van der Waals surface area contributed by atoms with Gasteiger partial charge in [-0.05, 0) is 28.7 Å². The van der Waals surface area contributed by atoms with Crippen molar-refractivity contribution in [2.45, 2.75) is 13.3 Å². The summed E-state index contributed by atoms with van der Waals surface area (Å²) in [5.41, 5.74) is 1.06. The van der Waals surface area contributed by atoms with Gasteiger partial charge in [0, 0.05) is 5.97 Å². The summed E-state index contributed by atoms with van der Waals surface area (Å²) in [5.74, 6) is -1.45. The van der Waals surface area contributed by atoms with Crippen molar-refractivity contribution in [3.05, 3.63) is 48.0 Å². The molecule has 2 aromatic rings. The molecule has 0 aliphatic heterocycles. The molecule has 0 bridgehead atoms. The maximum atomic E-state index is 10.7. The topological polar surface area (TPSA) is 40.1 Å². The Labute approximate surface area is 123 Å². The van der Waals surface area contributed by atoms with Crippen molar-refractivity contribution < 1.29 is 39.5 Å². The Morgan fingerprint density at radius 2 is 1.82 bits per heavy atom. The third-order valence-corrected chi connectivity index (χ3v) is 2.81. The minimum absolute atomic E-state index is 0. The minimum Gasteiger partial charge on any atom is -0.550 e. The molecule has 2 aromatic carbocycles. The van der Waals surface area contributed by atoms with Crippen LogP contribution in [0.25, 0.3) is 10.8 Å².